The quantitative estimate of drug-likeness (QED) is 0.0360. The summed E-state index contributed by atoms with van der Waals surface area (Å²) in [6.45, 7) is 6.27. The highest BCUT2D eigenvalue weighted by Crippen LogP contribution is 2.14. The highest BCUT2D eigenvalue weighted by molar-refractivity contribution is 5.70. The Labute approximate surface area is 270 Å². The molecule has 6 heteroatoms. The van der Waals surface area contributed by atoms with Crippen molar-refractivity contribution in [3.63, 3.8) is 0 Å². The molecular weight excluding hydrogens is 552 g/mol. The molecule has 44 heavy (non-hydrogen) atoms. The van der Waals surface area contributed by atoms with E-state index in [1.54, 1.807) is 6.08 Å². The third-order valence-corrected chi connectivity index (χ3v) is 7.38. The molecule has 2 atom stereocenters. The van der Waals surface area contributed by atoms with Gasteiger partial charge < -0.3 is 19.7 Å². The third kappa shape index (κ3) is 31.3. The van der Waals surface area contributed by atoms with Crippen LogP contribution in [0.15, 0.2) is 48.6 Å². The molecule has 0 saturated carbocycles. The smallest absolute Gasteiger partial charge is 0.306 e. The van der Waals surface area contributed by atoms with Crippen molar-refractivity contribution < 1.29 is 29.3 Å². The number of carbonyl (C=O) groups excluding carboxylic acids is 2. The lowest BCUT2D eigenvalue weighted by molar-refractivity contribution is -0.161. The van der Waals surface area contributed by atoms with Crippen LogP contribution in [0, 0.1) is 5.92 Å². The minimum atomic E-state index is -0.819. The summed E-state index contributed by atoms with van der Waals surface area (Å²) in [6.07, 6.45) is 34.9. The van der Waals surface area contributed by atoms with E-state index < -0.39 is 12.2 Å². The van der Waals surface area contributed by atoms with Crippen molar-refractivity contribution >= 4 is 11.9 Å². The predicted octanol–water partition coefficient (Wildman–Crippen LogP) is 9.50. The Bertz CT molecular complexity index is 782. The standard InChI is InChI=1S/C38H66O6/c1-4-5-6-7-8-10-14-18-23-28-35(40)29-24-19-16-21-25-30-37(41)43-33-36(32-39)44-38(42)31-26-20-15-12-9-11-13-17-22-27-34(2)3/h8,10,16,18-19,23-24,29,34-36,39-40H,4-7,9,11-15,17,20-22,25-28,30-33H2,1-3H3/b10-8-,19-16+,23-18-,29-24-/t35?,36-/m0/s1. The number of hydrogen-bond donors (Lipinski definition) is 2. The number of carbonyl (C=O) groups is 2. The van der Waals surface area contributed by atoms with Gasteiger partial charge in [-0.3, -0.25) is 9.59 Å². The molecule has 0 aromatic heterocycles. The van der Waals surface area contributed by atoms with Crippen LogP contribution in [0.2, 0.25) is 0 Å². The van der Waals surface area contributed by atoms with Crippen molar-refractivity contribution in [3.05, 3.63) is 48.6 Å². The average molecular weight is 619 g/mol. The number of ether oxygens (including phenoxy) is 2. The van der Waals surface area contributed by atoms with E-state index in [1.807, 2.05) is 24.3 Å². The number of rotatable bonds is 30. The summed E-state index contributed by atoms with van der Waals surface area (Å²) in [6, 6.07) is 0. The first kappa shape index (κ1) is 41.8. The molecule has 2 N–H and O–H groups in total. The molecule has 0 aromatic rings. The molecule has 0 aliphatic carbocycles. The van der Waals surface area contributed by atoms with E-state index in [9.17, 15) is 19.8 Å². The molecule has 0 aliphatic heterocycles. The van der Waals surface area contributed by atoms with E-state index in [0.29, 0.717) is 25.7 Å². The summed E-state index contributed by atoms with van der Waals surface area (Å²) in [5, 5.41) is 19.5. The molecule has 0 radical (unpaired) electrons. The van der Waals surface area contributed by atoms with E-state index >= 15 is 0 Å². The Morgan fingerprint density at radius 1 is 0.705 bits per heavy atom. The Hall–Kier alpha value is -2.18. The van der Waals surface area contributed by atoms with E-state index in [2.05, 4.69) is 39.0 Å². The molecule has 0 aliphatic rings. The predicted molar refractivity (Wildman–Crippen MR) is 183 cm³/mol. The molecule has 0 amide bonds. The zero-order valence-corrected chi connectivity index (χ0v) is 28.4. The Balaban J connectivity index is 3.80. The largest absolute Gasteiger partial charge is 0.462 e. The molecule has 1 unspecified atom stereocenters. The number of allylic oxidation sites excluding steroid dienone is 6. The minimum Gasteiger partial charge on any atom is -0.462 e. The SMILES string of the molecule is CCCCC/C=C\C/C=C\CC(O)/C=C\C=C\CCCC(=O)OC[C@H](CO)OC(=O)CCCCCCCCCCCC(C)C. The summed E-state index contributed by atoms with van der Waals surface area (Å²) in [7, 11) is 0. The first-order valence-corrected chi connectivity index (χ1v) is 17.7. The Kier molecular flexibility index (Phi) is 30.6. The second-order valence-electron chi connectivity index (χ2n) is 12.3. The van der Waals surface area contributed by atoms with Gasteiger partial charge in [-0.05, 0) is 50.9 Å². The molecular formula is C38H66O6. The lowest BCUT2D eigenvalue weighted by Crippen LogP contribution is -2.28. The van der Waals surface area contributed by atoms with Gasteiger partial charge in [0.25, 0.3) is 0 Å². The third-order valence-electron chi connectivity index (χ3n) is 7.38. The summed E-state index contributed by atoms with van der Waals surface area (Å²) >= 11 is 0. The van der Waals surface area contributed by atoms with Crippen LogP contribution in [-0.4, -0.2) is 47.6 Å². The second kappa shape index (κ2) is 32.2. The van der Waals surface area contributed by atoms with Gasteiger partial charge in [0, 0.05) is 12.8 Å². The minimum absolute atomic E-state index is 0.127. The number of hydrogen-bond acceptors (Lipinski definition) is 6. The fourth-order valence-corrected chi connectivity index (χ4v) is 4.63. The zero-order valence-electron chi connectivity index (χ0n) is 28.4. The van der Waals surface area contributed by atoms with Crippen LogP contribution in [-0.2, 0) is 19.1 Å². The van der Waals surface area contributed by atoms with E-state index in [0.717, 1.165) is 38.0 Å². The van der Waals surface area contributed by atoms with Gasteiger partial charge in [-0.15, -0.1) is 0 Å². The summed E-state index contributed by atoms with van der Waals surface area (Å²) in [5.74, 6) is 0.0796. The van der Waals surface area contributed by atoms with Crippen molar-refractivity contribution in [3.8, 4) is 0 Å². The number of esters is 2. The Morgan fingerprint density at radius 3 is 2.02 bits per heavy atom. The molecule has 0 heterocycles. The molecule has 0 rings (SSSR count). The van der Waals surface area contributed by atoms with Crippen molar-refractivity contribution in [2.45, 2.75) is 161 Å². The first-order chi connectivity index (χ1) is 21.4. The Morgan fingerprint density at radius 2 is 1.34 bits per heavy atom. The van der Waals surface area contributed by atoms with Crippen molar-refractivity contribution in [1.29, 1.82) is 0 Å². The van der Waals surface area contributed by atoms with Gasteiger partial charge in [-0.1, -0.05) is 140 Å². The molecule has 254 valence electrons. The lowest BCUT2D eigenvalue weighted by atomic mass is 10.0. The van der Waals surface area contributed by atoms with Gasteiger partial charge >= 0.3 is 11.9 Å². The summed E-state index contributed by atoms with van der Waals surface area (Å²) < 4.78 is 10.5. The number of aliphatic hydroxyl groups is 2. The van der Waals surface area contributed by atoms with Crippen LogP contribution in [0.25, 0.3) is 0 Å². The van der Waals surface area contributed by atoms with E-state index in [4.69, 9.17) is 9.47 Å². The van der Waals surface area contributed by atoms with Gasteiger partial charge in [-0.2, -0.15) is 0 Å². The molecule has 0 spiro atoms. The van der Waals surface area contributed by atoms with Gasteiger partial charge in [0.15, 0.2) is 6.10 Å². The van der Waals surface area contributed by atoms with Gasteiger partial charge in [0.05, 0.1) is 12.7 Å². The lowest BCUT2D eigenvalue weighted by Gasteiger charge is -2.15. The number of unbranched alkanes of at least 4 members (excludes halogenated alkanes) is 12. The van der Waals surface area contributed by atoms with Crippen LogP contribution in [0.1, 0.15) is 149 Å². The zero-order chi connectivity index (χ0) is 32.5. The first-order valence-electron chi connectivity index (χ1n) is 17.7. The fraction of sp³-hybridized carbons (Fsp3) is 0.737. The monoisotopic (exact) mass is 618 g/mol. The average Bonchev–Trinajstić information content (AvgIpc) is 3.00. The molecule has 0 bridgehead atoms. The van der Waals surface area contributed by atoms with Gasteiger partial charge in [0.2, 0.25) is 0 Å². The molecule has 0 fully saturated rings. The van der Waals surface area contributed by atoms with Crippen LogP contribution in [0.3, 0.4) is 0 Å². The second-order valence-corrected chi connectivity index (χ2v) is 12.3. The van der Waals surface area contributed by atoms with Crippen LogP contribution < -0.4 is 0 Å². The number of aliphatic hydroxyl groups excluding tert-OH is 2. The van der Waals surface area contributed by atoms with E-state index in [-0.39, 0.29) is 31.6 Å². The summed E-state index contributed by atoms with van der Waals surface area (Å²) in [4.78, 5) is 24.1. The van der Waals surface area contributed by atoms with Gasteiger partial charge in [-0.25, -0.2) is 0 Å². The highest BCUT2D eigenvalue weighted by Gasteiger charge is 2.16. The fourth-order valence-electron chi connectivity index (χ4n) is 4.63. The van der Waals surface area contributed by atoms with Crippen molar-refractivity contribution in [1.82, 2.24) is 0 Å². The van der Waals surface area contributed by atoms with Gasteiger partial charge in [0.1, 0.15) is 6.61 Å². The van der Waals surface area contributed by atoms with E-state index in [1.165, 1.54) is 64.2 Å². The van der Waals surface area contributed by atoms with Crippen LogP contribution >= 0.6 is 0 Å². The topological polar surface area (TPSA) is 93.1 Å². The molecule has 6 nitrogen and oxygen atoms in total. The highest BCUT2D eigenvalue weighted by atomic mass is 16.6. The van der Waals surface area contributed by atoms with Crippen LogP contribution in [0.4, 0.5) is 0 Å². The summed E-state index contributed by atoms with van der Waals surface area (Å²) in [5.41, 5.74) is 0. The van der Waals surface area contributed by atoms with Crippen LogP contribution in [0.5, 0.6) is 0 Å². The normalized spacial score (nSPS) is 13.6. The molecule has 0 aromatic carbocycles. The maximum atomic E-state index is 12.1. The van der Waals surface area contributed by atoms with Crippen molar-refractivity contribution in [2.24, 2.45) is 5.92 Å². The maximum absolute atomic E-state index is 12.1. The van der Waals surface area contributed by atoms with Crippen molar-refractivity contribution in [2.75, 3.05) is 13.2 Å². The maximum Gasteiger partial charge on any atom is 0.306 e. The molecule has 0 saturated heterocycles.